The van der Waals surface area contributed by atoms with Crippen molar-refractivity contribution in [1.82, 2.24) is 24.2 Å². The van der Waals surface area contributed by atoms with Crippen LogP contribution in [0, 0.1) is 11.7 Å². The zero-order valence-electron chi connectivity index (χ0n) is 24.2. The molecule has 0 unspecified atom stereocenters. The van der Waals surface area contributed by atoms with Gasteiger partial charge in [-0.1, -0.05) is 30.3 Å². The molecule has 1 aliphatic heterocycles. The van der Waals surface area contributed by atoms with Gasteiger partial charge in [-0.15, -0.1) is 0 Å². The summed E-state index contributed by atoms with van der Waals surface area (Å²) in [6.07, 6.45) is 4.42. The number of fused-ring (bicyclic) bond motifs is 2. The largest absolute Gasteiger partial charge is 0.330 e. The third kappa shape index (κ3) is 4.77. The van der Waals surface area contributed by atoms with Gasteiger partial charge in [-0.25, -0.2) is 22.3 Å². The summed E-state index contributed by atoms with van der Waals surface area (Å²) in [5.74, 6) is -1.56. The number of hydrogen-bond acceptors (Lipinski definition) is 6. The van der Waals surface area contributed by atoms with Crippen LogP contribution in [0.3, 0.4) is 0 Å². The third-order valence-electron chi connectivity index (χ3n) is 9.56. The molecule has 3 heterocycles. The van der Waals surface area contributed by atoms with Crippen LogP contribution in [0.25, 0.3) is 16.9 Å². The molecule has 0 saturated heterocycles. The van der Waals surface area contributed by atoms with Crippen LogP contribution >= 0.6 is 0 Å². The van der Waals surface area contributed by atoms with Gasteiger partial charge in [-0.05, 0) is 86.3 Å². The monoisotopic (exact) mass is 613 g/mol. The molecule has 3 atom stereocenters. The molecule has 3 fully saturated rings. The number of hydrogen-bond donors (Lipinski definition) is 1. The fourth-order valence-corrected chi connectivity index (χ4v) is 7.96. The van der Waals surface area contributed by atoms with Crippen molar-refractivity contribution in [3.63, 3.8) is 0 Å². The van der Waals surface area contributed by atoms with Gasteiger partial charge in [0.05, 0.1) is 17.0 Å². The minimum absolute atomic E-state index is 0.0670. The number of sulfonamides is 1. The van der Waals surface area contributed by atoms with Crippen molar-refractivity contribution in [3.8, 4) is 11.3 Å². The lowest BCUT2D eigenvalue weighted by molar-refractivity contribution is -0.120. The normalized spacial score (nSPS) is 23.0. The van der Waals surface area contributed by atoms with E-state index >= 15 is 4.39 Å². The summed E-state index contributed by atoms with van der Waals surface area (Å²) in [5, 5.41) is 4.25. The summed E-state index contributed by atoms with van der Waals surface area (Å²) in [6, 6.07) is 16.5. The maximum atomic E-state index is 15.5. The summed E-state index contributed by atoms with van der Waals surface area (Å²) in [5.41, 5.74) is 5.55. The molecule has 226 valence electrons. The maximum Gasteiger partial charge on any atom is 0.273 e. The van der Waals surface area contributed by atoms with E-state index in [2.05, 4.69) is 16.9 Å². The van der Waals surface area contributed by atoms with E-state index in [1.54, 1.807) is 22.7 Å². The molecule has 0 spiro atoms. The fourth-order valence-electron chi connectivity index (χ4n) is 6.61. The predicted molar refractivity (Wildman–Crippen MR) is 161 cm³/mol. The molecule has 0 bridgehead atoms. The van der Waals surface area contributed by atoms with Crippen molar-refractivity contribution in [2.24, 2.45) is 5.92 Å². The van der Waals surface area contributed by atoms with Crippen LogP contribution in [0.4, 0.5) is 4.39 Å². The summed E-state index contributed by atoms with van der Waals surface area (Å²) < 4.78 is 43.8. The first-order valence-electron chi connectivity index (χ1n) is 15.3. The zero-order chi connectivity index (χ0) is 30.3. The highest BCUT2D eigenvalue weighted by Gasteiger charge is 2.47. The lowest BCUT2D eigenvalue weighted by Crippen LogP contribution is -2.39. The summed E-state index contributed by atoms with van der Waals surface area (Å²) in [6.45, 7) is 2.66. The molecule has 4 aliphatic rings. The average molecular weight is 614 g/mol. The Morgan fingerprint density at radius 2 is 1.82 bits per heavy atom. The Morgan fingerprint density at radius 3 is 2.57 bits per heavy atom. The van der Waals surface area contributed by atoms with E-state index < -0.39 is 32.9 Å². The first-order chi connectivity index (χ1) is 21.2. The van der Waals surface area contributed by atoms with Gasteiger partial charge >= 0.3 is 0 Å². The Morgan fingerprint density at radius 1 is 1.02 bits per heavy atom. The Bertz CT molecular complexity index is 1970. The van der Waals surface area contributed by atoms with Gasteiger partial charge in [0.2, 0.25) is 15.9 Å². The number of aromatic nitrogens is 3. The maximum absolute atomic E-state index is 15.5. The summed E-state index contributed by atoms with van der Waals surface area (Å²) >= 11 is 0. The van der Waals surface area contributed by atoms with Gasteiger partial charge in [0.1, 0.15) is 11.5 Å². The van der Waals surface area contributed by atoms with E-state index in [0.29, 0.717) is 54.0 Å². The van der Waals surface area contributed by atoms with Crippen LogP contribution in [-0.4, -0.2) is 51.5 Å². The van der Waals surface area contributed by atoms with Crippen molar-refractivity contribution >= 4 is 27.5 Å². The molecule has 1 N–H and O–H groups in total. The standard InChI is InChI=1S/C33H32FN5O4S/c1-18-23-5-3-2-4-19(23)12-13-38(18)33(41)29-16-30(20-6-7-20)39-31(35-29)17-28(36-39)24-11-8-21(14-27(24)34)25-15-26(25)32(40)37-44(42,43)22-9-10-22/h2-5,8,11,14,16-18,20,22,25-26H,6-7,9-10,12-13,15H2,1H3,(H,37,40)/t18-,25-,26+/m1/s1. The molecule has 2 aromatic heterocycles. The van der Waals surface area contributed by atoms with E-state index in [1.807, 2.05) is 30.0 Å². The second kappa shape index (κ2) is 9.95. The van der Waals surface area contributed by atoms with Crippen molar-refractivity contribution in [2.75, 3.05) is 6.54 Å². The van der Waals surface area contributed by atoms with Gasteiger partial charge in [0.25, 0.3) is 5.91 Å². The van der Waals surface area contributed by atoms with Gasteiger partial charge in [-0.2, -0.15) is 5.10 Å². The molecule has 4 aromatic rings. The minimum atomic E-state index is -3.61. The van der Waals surface area contributed by atoms with E-state index in [1.165, 1.54) is 11.6 Å². The highest BCUT2D eigenvalue weighted by molar-refractivity contribution is 7.90. The highest BCUT2D eigenvalue weighted by Crippen LogP contribution is 2.48. The van der Waals surface area contributed by atoms with Crippen LogP contribution < -0.4 is 4.72 Å². The Labute approximate surface area is 254 Å². The molecule has 8 rings (SSSR count). The van der Waals surface area contributed by atoms with E-state index in [0.717, 1.165) is 30.5 Å². The number of rotatable bonds is 7. The predicted octanol–water partition coefficient (Wildman–Crippen LogP) is 4.88. The number of benzene rings is 2. The molecular weight excluding hydrogens is 581 g/mol. The van der Waals surface area contributed by atoms with E-state index in [9.17, 15) is 18.0 Å². The highest BCUT2D eigenvalue weighted by atomic mass is 32.2. The van der Waals surface area contributed by atoms with Crippen molar-refractivity contribution < 1.29 is 22.4 Å². The second-order valence-corrected chi connectivity index (χ2v) is 14.6. The van der Waals surface area contributed by atoms with Gasteiger partial charge in [-0.3, -0.25) is 14.3 Å². The second-order valence-electron chi connectivity index (χ2n) is 12.7. The number of halogens is 1. The minimum Gasteiger partial charge on any atom is -0.330 e. The third-order valence-corrected chi connectivity index (χ3v) is 11.4. The first-order valence-corrected chi connectivity index (χ1v) is 16.9. The van der Waals surface area contributed by atoms with E-state index in [4.69, 9.17) is 10.1 Å². The topological polar surface area (TPSA) is 114 Å². The number of carbonyl (C=O) groups is 2. The molecule has 0 radical (unpaired) electrons. The molecule has 2 aromatic carbocycles. The molecule has 9 nitrogen and oxygen atoms in total. The summed E-state index contributed by atoms with van der Waals surface area (Å²) in [7, 11) is -3.61. The molecule has 11 heteroatoms. The number of nitrogens with zero attached hydrogens (tertiary/aromatic N) is 4. The lowest BCUT2D eigenvalue weighted by Gasteiger charge is -2.35. The Balaban J connectivity index is 1.05. The van der Waals surface area contributed by atoms with Crippen LogP contribution in [0.15, 0.2) is 54.6 Å². The average Bonchev–Trinajstić information content (AvgIpc) is 3.86. The van der Waals surface area contributed by atoms with Crippen LogP contribution in [0.5, 0.6) is 0 Å². The molecular formula is C33H32FN5O4S. The molecule has 3 aliphatic carbocycles. The smallest absolute Gasteiger partial charge is 0.273 e. The first kappa shape index (κ1) is 27.4. The summed E-state index contributed by atoms with van der Waals surface area (Å²) in [4.78, 5) is 32.9. The molecule has 2 amide bonds. The van der Waals surface area contributed by atoms with E-state index in [-0.39, 0.29) is 23.8 Å². The molecule has 3 saturated carbocycles. The van der Waals surface area contributed by atoms with Gasteiger partial charge in [0.15, 0.2) is 5.65 Å². The van der Waals surface area contributed by atoms with Crippen molar-refractivity contribution in [3.05, 3.63) is 88.5 Å². The van der Waals surface area contributed by atoms with Gasteiger partial charge in [0, 0.05) is 35.7 Å². The van der Waals surface area contributed by atoms with Crippen LogP contribution in [0.2, 0.25) is 0 Å². The number of amides is 2. The van der Waals surface area contributed by atoms with Gasteiger partial charge < -0.3 is 4.90 Å². The van der Waals surface area contributed by atoms with Crippen molar-refractivity contribution in [1.29, 1.82) is 0 Å². The van der Waals surface area contributed by atoms with Crippen molar-refractivity contribution in [2.45, 2.75) is 68.6 Å². The number of carbonyl (C=O) groups excluding carboxylic acids is 2. The number of nitrogens with one attached hydrogen (secondary N) is 1. The SMILES string of the molecule is C[C@@H]1c2ccccc2CCN1C(=O)c1cc(C2CC2)n2nc(-c3ccc([C@H]4C[C@@H]4C(=O)NS(=O)(=O)C4CC4)cc3F)cc2n1. The Hall–Kier alpha value is -4.12. The lowest BCUT2D eigenvalue weighted by atomic mass is 9.93. The Kier molecular flexibility index (Phi) is 6.20. The molecule has 44 heavy (non-hydrogen) atoms. The van der Waals surface area contributed by atoms with Crippen LogP contribution in [0.1, 0.15) is 89.8 Å². The fraction of sp³-hybridized carbons (Fsp3) is 0.394. The zero-order valence-corrected chi connectivity index (χ0v) is 25.1. The van der Waals surface area contributed by atoms with Crippen LogP contribution in [-0.2, 0) is 21.2 Å². The quantitative estimate of drug-likeness (QED) is 0.318.